The largest absolute Gasteiger partial charge is 0.339 e. The van der Waals surface area contributed by atoms with Crippen LogP contribution in [0.3, 0.4) is 0 Å². The third-order valence-corrected chi connectivity index (χ3v) is 4.95. The molecule has 1 aliphatic carbocycles. The van der Waals surface area contributed by atoms with Crippen LogP contribution in [0.4, 0.5) is 0 Å². The van der Waals surface area contributed by atoms with E-state index in [1.54, 1.807) is 11.8 Å². The number of rotatable bonds is 4. The normalized spacial score (nSPS) is 22.4. The second-order valence-electron chi connectivity index (χ2n) is 5.77. The SMILES string of the molecule is Cc1cccc(SCc2noc(C3CCC(N)CC3)n2)c1. The van der Waals surface area contributed by atoms with E-state index in [1.165, 1.54) is 10.5 Å². The van der Waals surface area contributed by atoms with Crippen molar-refractivity contribution in [3.8, 4) is 0 Å². The number of thioether (sulfide) groups is 1. The maximum Gasteiger partial charge on any atom is 0.229 e. The number of benzene rings is 1. The highest BCUT2D eigenvalue weighted by molar-refractivity contribution is 7.98. The number of hydrogen-bond donors (Lipinski definition) is 1. The summed E-state index contributed by atoms with van der Waals surface area (Å²) in [6, 6.07) is 8.81. The third-order valence-electron chi connectivity index (χ3n) is 3.96. The number of nitrogens with zero attached hydrogens (tertiary/aromatic N) is 2. The van der Waals surface area contributed by atoms with Crippen molar-refractivity contribution in [1.82, 2.24) is 10.1 Å². The van der Waals surface area contributed by atoms with Gasteiger partial charge in [-0.25, -0.2) is 0 Å². The van der Waals surface area contributed by atoms with E-state index in [-0.39, 0.29) is 0 Å². The first-order valence-corrected chi connectivity index (χ1v) is 8.47. The molecule has 2 aromatic rings. The fraction of sp³-hybridized carbons (Fsp3) is 0.500. The van der Waals surface area contributed by atoms with Crippen molar-refractivity contribution in [3.05, 3.63) is 41.5 Å². The molecule has 0 saturated heterocycles. The number of aryl methyl sites for hydroxylation is 1. The van der Waals surface area contributed by atoms with Crippen molar-refractivity contribution in [2.24, 2.45) is 5.73 Å². The van der Waals surface area contributed by atoms with Crippen molar-refractivity contribution in [2.45, 2.75) is 55.2 Å². The van der Waals surface area contributed by atoms with Gasteiger partial charge in [0.15, 0.2) is 5.82 Å². The molecule has 1 aromatic carbocycles. The first-order chi connectivity index (χ1) is 10.2. The summed E-state index contributed by atoms with van der Waals surface area (Å²) < 4.78 is 5.44. The monoisotopic (exact) mass is 303 g/mol. The van der Waals surface area contributed by atoms with E-state index in [0.717, 1.165) is 43.2 Å². The van der Waals surface area contributed by atoms with Crippen LogP contribution in [0, 0.1) is 6.92 Å². The molecule has 112 valence electrons. The van der Waals surface area contributed by atoms with Crippen molar-refractivity contribution in [2.75, 3.05) is 0 Å². The number of nitrogens with two attached hydrogens (primary N) is 1. The van der Waals surface area contributed by atoms with E-state index in [9.17, 15) is 0 Å². The molecule has 21 heavy (non-hydrogen) atoms. The van der Waals surface area contributed by atoms with Gasteiger partial charge in [-0.3, -0.25) is 0 Å². The molecule has 0 unspecified atom stereocenters. The molecule has 5 heteroatoms. The van der Waals surface area contributed by atoms with Gasteiger partial charge in [-0.2, -0.15) is 4.98 Å². The Balaban J connectivity index is 1.58. The van der Waals surface area contributed by atoms with Gasteiger partial charge in [0.05, 0.1) is 5.75 Å². The zero-order chi connectivity index (χ0) is 14.7. The molecular weight excluding hydrogens is 282 g/mol. The molecular formula is C16H21N3OS. The molecule has 0 amide bonds. The zero-order valence-corrected chi connectivity index (χ0v) is 13.1. The van der Waals surface area contributed by atoms with Crippen LogP contribution in [0.2, 0.25) is 0 Å². The molecule has 2 N–H and O–H groups in total. The lowest BCUT2D eigenvalue weighted by Crippen LogP contribution is -2.25. The highest BCUT2D eigenvalue weighted by Crippen LogP contribution is 2.31. The molecule has 0 bridgehead atoms. The van der Waals surface area contributed by atoms with Gasteiger partial charge in [-0.05, 0) is 44.7 Å². The van der Waals surface area contributed by atoms with Gasteiger partial charge in [-0.1, -0.05) is 22.9 Å². The average molecular weight is 303 g/mol. The maximum atomic E-state index is 5.93. The number of aromatic nitrogens is 2. The van der Waals surface area contributed by atoms with Crippen molar-refractivity contribution < 1.29 is 4.52 Å². The predicted octanol–water partition coefficient (Wildman–Crippen LogP) is 3.66. The highest BCUT2D eigenvalue weighted by atomic mass is 32.2. The van der Waals surface area contributed by atoms with E-state index in [0.29, 0.717) is 12.0 Å². The van der Waals surface area contributed by atoms with E-state index in [2.05, 4.69) is 41.3 Å². The van der Waals surface area contributed by atoms with Gasteiger partial charge in [0, 0.05) is 16.9 Å². The Morgan fingerprint density at radius 3 is 2.86 bits per heavy atom. The van der Waals surface area contributed by atoms with Gasteiger partial charge in [0.25, 0.3) is 0 Å². The van der Waals surface area contributed by atoms with Crippen LogP contribution in [0.15, 0.2) is 33.7 Å². The molecule has 0 radical (unpaired) electrons. The predicted molar refractivity (Wildman–Crippen MR) is 84.2 cm³/mol. The van der Waals surface area contributed by atoms with Gasteiger partial charge in [0.2, 0.25) is 5.89 Å². The third kappa shape index (κ3) is 3.86. The smallest absolute Gasteiger partial charge is 0.229 e. The van der Waals surface area contributed by atoms with E-state index < -0.39 is 0 Å². The summed E-state index contributed by atoms with van der Waals surface area (Å²) in [5, 5.41) is 4.11. The zero-order valence-electron chi connectivity index (χ0n) is 12.3. The Labute approximate surface area is 129 Å². The van der Waals surface area contributed by atoms with Gasteiger partial charge < -0.3 is 10.3 Å². The second-order valence-corrected chi connectivity index (χ2v) is 6.81. The Kier molecular flexibility index (Phi) is 4.60. The van der Waals surface area contributed by atoms with Crippen LogP contribution in [-0.4, -0.2) is 16.2 Å². The topological polar surface area (TPSA) is 64.9 Å². The molecule has 0 atom stereocenters. The highest BCUT2D eigenvalue weighted by Gasteiger charge is 2.24. The Morgan fingerprint density at radius 2 is 2.10 bits per heavy atom. The van der Waals surface area contributed by atoms with Gasteiger partial charge in [0.1, 0.15) is 0 Å². The summed E-state index contributed by atoms with van der Waals surface area (Å²) in [7, 11) is 0. The quantitative estimate of drug-likeness (QED) is 0.873. The summed E-state index contributed by atoms with van der Waals surface area (Å²) in [6.07, 6.45) is 4.24. The van der Waals surface area contributed by atoms with Crippen LogP contribution in [0.25, 0.3) is 0 Å². The maximum absolute atomic E-state index is 5.93. The minimum atomic E-state index is 0.348. The standard InChI is InChI=1S/C16H21N3OS/c1-11-3-2-4-14(9-11)21-10-15-18-16(20-19-15)12-5-7-13(17)8-6-12/h2-4,9,12-13H,5-8,10,17H2,1H3. The summed E-state index contributed by atoms with van der Waals surface area (Å²) in [4.78, 5) is 5.80. The van der Waals surface area contributed by atoms with Crippen LogP contribution >= 0.6 is 11.8 Å². The van der Waals surface area contributed by atoms with E-state index >= 15 is 0 Å². The lowest BCUT2D eigenvalue weighted by atomic mass is 9.86. The summed E-state index contributed by atoms with van der Waals surface area (Å²) in [5.74, 6) is 2.72. The number of hydrogen-bond acceptors (Lipinski definition) is 5. The van der Waals surface area contributed by atoms with Crippen molar-refractivity contribution in [3.63, 3.8) is 0 Å². The second kappa shape index (κ2) is 6.62. The minimum absolute atomic E-state index is 0.348. The lowest BCUT2D eigenvalue weighted by Gasteiger charge is -2.22. The summed E-state index contributed by atoms with van der Waals surface area (Å²) in [5.41, 5.74) is 7.21. The molecule has 1 saturated carbocycles. The lowest BCUT2D eigenvalue weighted by molar-refractivity contribution is 0.300. The summed E-state index contributed by atoms with van der Waals surface area (Å²) in [6.45, 7) is 2.10. The molecule has 3 rings (SSSR count). The Bertz CT molecular complexity index is 591. The van der Waals surface area contributed by atoms with Crippen molar-refractivity contribution in [1.29, 1.82) is 0 Å². The van der Waals surface area contributed by atoms with Gasteiger partial charge >= 0.3 is 0 Å². The summed E-state index contributed by atoms with van der Waals surface area (Å²) >= 11 is 1.74. The molecule has 0 spiro atoms. The van der Waals surface area contributed by atoms with Crippen molar-refractivity contribution >= 4 is 11.8 Å². The first kappa shape index (κ1) is 14.6. The average Bonchev–Trinajstić information content (AvgIpc) is 2.95. The van der Waals surface area contributed by atoms with E-state index in [1.807, 2.05) is 0 Å². The molecule has 1 fully saturated rings. The molecule has 0 aliphatic heterocycles. The van der Waals surface area contributed by atoms with Gasteiger partial charge in [-0.15, -0.1) is 11.8 Å². The fourth-order valence-corrected chi connectivity index (χ4v) is 3.57. The van der Waals surface area contributed by atoms with Crippen LogP contribution < -0.4 is 5.73 Å². The Morgan fingerprint density at radius 1 is 1.29 bits per heavy atom. The molecule has 4 nitrogen and oxygen atoms in total. The first-order valence-electron chi connectivity index (χ1n) is 7.48. The molecule has 1 heterocycles. The van der Waals surface area contributed by atoms with Crippen LogP contribution in [-0.2, 0) is 5.75 Å². The fourth-order valence-electron chi connectivity index (χ4n) is 2.71. The van der Waals surface area contributed by atoms with E-state index in [4.69, 9.17) is 10.3 Å². The minimum Gasteiger partial charge on any atom is -0.339 e. The van der Waals surface area contributed by atoms with Crippen LogP contribution in [0.1, 0.15) is 48.9 Å². The Hall–Kier alpha value is -1.33. The molecule has 1 aliphatic rings. The molecule has 1 aromatic heterocycles. The van der Waals surface area contributed by atoms with Crippen LogP contribution in [0.5, 0.6) is 0 Å².